The predicted octanol–water partition coefficient (Wildman–Crippen LogP) is -3.21. The molecule has 160 valence electrons. The lowest BCUT2D eigenvalue weighted by molar-refractivity contribution is -0.139. The first kappa shape index (κ1) is 25.3. The van der Waals surface area contributed by atoms with Gasteiger partial charge in [0.15, 0.2) is 0 Å². The van der Waals surface area contributed by atoms with Gasteiger partial charge < -0.3 is 37.6 Å². The molecular weight excluding hydrogens is 374 g/mol. The maximum absolute atomic E-state index is 12.5. The van der Waals surface area contributed by atoms with Crippen molar-refractivity contribution in [3.63, 3.8) is 0 Å². The zero-order chi connectivity index (χ0) is 21.9. The fraction of sp³-hybridized carbons (Fsp3) is 0.688. The number of hydrogen-bond acceptors (Lipinski definition) is 7. The summed E-state index contributed by atoms with van der Waals surface area (Å²) in [5.74, 6) is -4.53. The zero-order valence-corrected chi connectivity index (χ0v) is 15.9. The van der Waals surface area contributed by atoms with Crippen LogP contribution in [0.15, 0.2) is 0 Å². The molecule has 0 aromatic heterocycles. The summed E-state index contributed by atoms with van der Waals surface area (Å²) in [5.41, 5.74) is 10.7. The number of nitrogens with two attached hydrogens (primary N) is 2. The van der Waals surface area contributed by atoms with Gasteiger partial charge in [0.1, 0.15) is 18.6 Å². The molecule has 0 fully saturated rings. The van der Waals surface area contributed by atoms with E-state index in [0.717, 1.165) is 0 Å². The van der Waals surface area contributed by atoms with Crippen LogP contribution in [-0.4, -0.2) is 71.1 Å². The molecule has 0 aromatic carbocycles. The fourth-order valence-corrected chi connectivity index (χ4v) is 2.13. The summed E-state index contributed by atoms with van der Waals surface area (Å²) in [5, 5.41) is 24.7. The molecule has 4 amide bonds. The third-order valence-electron chi connectivity index (χ3n) is 4.06. The van der Waals surface area contributed by atoms with Gasteiger partial charge in [-0.3, -0.25) is 24.0 Å². The second-order valence-corrected chi connectivity index (χ2v) is 6.34. The smallest absolute Gasteiger partial charge is 0.322 e. The number of amides is 4. The second-order valence-electron chi connectivity index (χ2n) is 6.34. The summed E-state index contributed by atoms with van der Waals surface area (Å²) in [7, 11) is 0. The van der Waals surface area contributed by atoms with Crippen LogP contribution in [0, 0.1) is 5.92 Å². The van der Waals surface area contributed by atoms with E-state index >= 15 is 0 Å². The maximum atomic E-state index is 12.5. The molecule has 0 aliphatic carbocycles. The molecule has 0 radical (unpaired) electrons. The summed E-state index contributed by atoms with van der Waals surface area (Å²) >= 11 is 0. The van der Waals surface area contributed by atoms with Gasteiger partial charge in [-0.2, -0.15) is 0 Å². The molecule has 0 saturated carbocycles. The van der Waals surface area contributed by atoms with Gasteiger partial charge in [-0.1, -0.05) is 20.3 Å². The van der Waals surface area contributed by atoms with Crippen molar-refractivity contribution in [1.29, 1.82) is 0 Å². The van der Waals surface area contributed by atoms with Gasteiger partial charge >= 0.3 is 5.97 Å². The van der Waals surface area contributed by atoms with Crippen molar-refractivity contribution in [2.24, 2.45) is 17.4 Å². The molecular formula is C16H29N5O7. The lowest BCUT2D eigenvalue weighted by Gasteiger charge is -2.26. The third-order valence-corrected chi connectivity index (χ3v) is 4.06. The van der Waals surface area contributed by atoms with E-state index in [2.05, 4.69) is 10.6 Å². The molecule has 28 heavy (non-hydrogen) atoms. The Hall–Kier alpha value is -2.73. The Morgan fingerprint density at radius 3 is 2.11 bits per heavy atom. The van der Waals surface area contributed by atoms with Crippen LogP contribution in [0.1, 0.15) is 33.1 Å². The Morgan fingerprint density at radius 2 is 1.64 bits per heavy atom. The fourth-order valence-electron chi connectivity index (χ4n) is 2.13. The zero-order valence-electron chi connectivity index (χ0n) is 15.9. The van der Waals surface area contributed by atoms with E-state index in [1.54, 1.807) is 13.8 Å². The van der Waals surface area contributed by atoms with E-state index in [-0.39, 0.29) is 18.8 Å². The van der Waals surface area contributed by atoms with Crippen molar-refractivity contribution in [2.45, 2.75) is 51.2 Å². The van der Waals surface area contributed by atoms with Crippen molar-refractivity contribution in [1.82, 2.24) is 16.0 Å². The first-order chi connectivity index (χ1) is 13.0. The summed E-state index contributed by atoms with van der Waals surface area (Å²) in [4.78, 5) is 57.9. The molecule has 4 unspecified atom stereocenters. The monoisotopic (exact) mass is 403 g/mol. The number of aliphatic hydroxyl groups excluding tert-OH is 1. The maximum Gasteiger partial charge on any atom is 0.322 e. The third kappa shape index (κ3) is 9.28. The summed E-state index contributed by atoms with van der Waals surface area (Å²) in [6.45, 7) is 2.03. The van der Waals surface area contributed by atoms with Crippen LogP contribution in [0.5, 0.6) is 0 Å². The number of primary amides is 1. The Bertz CT molecular complexity index is 584. The number of carboxylic acids is 1. The van der Waals surface area contributed by atoms with Gasteiger partial charge in [-0.15, -0.1) is 0 Å². The number of aliphatic carboxylic acids is 1. The van der Waals surface area contributed by atoms with Crippen LogP contribution in [0.25, 0.3) is 0 Å². The molecule has 0 spiro atoms. The van der Waals surface area contributed by atoms with Gasteiger partial charge in [0, 0.05) is 6.42 Å². The van der Waals surface area contributed by atoms with Crippen LogP contribution in [-0.2, 0) is 24.0 Å². The standard InChI is InChI=1S/C16H29N5O7/c1-3-8(2)13(21-14(26)9(17)4-5-11(18)23)16(28)20-10(7-22)15(27)19-6-12(24)25/h8-10,13,22H,3-7,17H2,1-2H3,(H2,18,23)(H,19,27)(H,20,28)(H,21,26)(H,24,25). The van der Waals surface area contributed by atoms with Crippen molar-refractivity contribution in [3.05, 3.63) is 0 Å². The Balaban J connectivity index is 5.05. The van der Waals surface area contributed by atoms with Gasteiger partial charge in [-0.05, 0) is 12.3 Å². The topological polar surface area (TPSA) is 214 Å². The molecule has 0 heterocycles. The molecule has 0 aromatic rings. The number of aliphatic hydroxyl groups is 1. The van der Waals surface area contributed by atoms with Crippen molar-refractivity contribution in [3.8, 4) is 0 Å². The minimum Gasteiger partial charge on any atom is -0.480 e. The normalized spacial score (nSPS) is 14.9. The minimum atomic E-state index is -1.39. The van der Waals surface area contributed by atoms with E-state index in [9.17, 15) is 29.1 Å². The molecule has 12 nitrogen and oxygen atoms in total. The molecule has 9 N–H and O–H groups in total. The average molecular weight is 403 g/mol. The Labute approximate surface area is 162 Å². The number of carbonyl (C=O) groups excluding carboxylic acids is 4. The van der Waals surface area contributed by atoms with Gasteiger partial charge in [0.05, 0.1) is 12.6 Å². The number of hydrogen-bond donors (Lipinski definition) is 7. The first-order valence-electron chi connectivity index (χ1n) is 8.78. The molecule has 0 bridgehead atoms. The van der Waals surface area contributed by atoms with E-state index in [1.165, 1.54) is 0 Å². The summed E-state index contributed by atoms with van der Waals surface area (Å²) in [6, 6.07) is -3.50. The average Bonchev–Trinajstić information content (AvgIpc) is 2.64. The largest absolute Gasteiger partial charge is 0.480 e. The van der Waals surface area contributed by atoms with E-state index in [0.29, 0.717) is 6.42 Å². The van der Waals surface area contributed by atoms with Crippen molar-refractivity contribution >= 4 is 29.6 Å². The predicted molar refractivity (Wildman–Crippen MR) is 97.5 cm³/mol. The number of carbonyl (C=O) groups is 5. The Morgan fingerprint density at radius 1 is 1.04 bits per heavy atom. The van der Waals surface area contributed by atoms with E-state index in [1.807, 2.05) is 5.32 Å². The molecule has 12 heteroatoms. The first-order valence-corrected chi connectivity index (χ1v) is 8.78. The van der Waals surface area contributed by atoms with Crippen LogP contribution in [0.3, 0.4) is 0 Å². The van der Waals surface area contributed by atoms with Crippen molar-refractivity contribution in [2.75, 3.05) is 13.2 Å². The highest BCUT2D eigenvalue weighted by molar-refractivity contribution is 5.94. The van der Waals surface area contributed by atoms with Gasteiger partial charge in [0.25, 0.3) is 0 Å². The van der Waals surface area contributed by atoms with E-state index in [4.69, 9.17) is 16.6 Å². The number of carboxylic acid groups (broad SMARTS) is 1. The SMILES string of the molecule is CCC(C)C(NC(=O)C(N)CCC(N)=O)C(=O)NC(CO)C(=O)NCC(=O)O. The molecule has 0 aliphatic rings. The number of nitrogens with one attached hydrogen (secondary N) is 3. The lowest BCUT2D eigenvalue weighted by Crippen LogP contribution is -2.58. The van der Waals surface area contributed by atoms with Crippen LogP contribution in [0.4, 0.5) is 0 Å². The summed E-state index contributed by atoms with van der Waals surface area (Å²) in [6.07, 6.45) is 0.419. The quantitative estimate of drug-likeness (QED) is 0.166. The lowest BCUT2D eigenvalue weighted by atomic mass is 9.97. The minimum absolute atomic E-state index is 0.00682. The molecule has 0 rings (SSSR count). The molecule has 0 aliphatic heterocycles. The summed E-state index contributed by atoms with van der Waals surface area (Å²) < 4.78 is 0. The molecule has 0 saturated heterocycles. The van der Waals surface area contributed by atoms with E-state index < -0.39 is 60.9 Å². The van der Waals surface area contributed by atoms with Crippen LogP contribution in [0.2, 0.25) is 0 Å². The molecule has 4 atom stereocenters. The number of rotatable bonds is 13. The van der Waals surface area contributed by atoms with Crippen LogP contribution < -0.4 is 27.4 Å². The van der Waals surface area contributed by atoms with Crippen LogP contribution >= 0.6 is 0 Å². The highest BCUT2D eigenvalue weighted by Crippen LogP contribution is 2.09. The van der Waals surface area contributed by atoms with Gasteiger partial charge in [-0.25, -0.2) is 0 Å². The highest BCUT2D eigenvalue weighted by Gasteiger charge is 2.31. The van der Waals surface area contributed by atoms with Gasteiger partial charge in [0.2, 0.25) is 23.6 Å². The second kappa shape index (κ2) is 12.6. The van der Waals surface area contributed by atoms with Crippen molar-refractivity contribution < 1.29 is 34.2 Å². The highest BCUT2D eigenvalue weighted by atomic mass is 16.4. The Kier molecular flexibility index (Phi) is 11.4.